The number of nitrogens with two attached hydrogens (primary N) is 1. The molecule has 2 atom stereocenters. The highest BCUT2D eigenvalue weighted by Crippen LogP contribution is 2.31. The zero-order valence-corrected chi connectivity index (χ0v) is 14.4. The number of nitrogens with zero attached hydrogens (tertiary/aromatic N) is 1. The van der Waals surface area contributed by atoms with Crippen molar-refractivity contribution in [3.8, 4) is 5.75 Å². The van der Waals surface area contributed by atoms with Gasteiger partial charge in [-0.15, -0.1) is 0 Å². The number of hydrogen-bond acceptors (Lipinski definition) is 3. The maximum atomic E-state index is 12.0. The van der Waals surface area contributed by atoms with Crippen LogP contribution in [0, 0.1) is 6.92 Å². The van der Waals surface area contributed by atoms with Gasteiger partial charge in [-0.05, 0) is 43.0 Å². The van der Waals surface area contributed by atoms with Crippen molar-refractivity contribution < 1.29 is 9.53 Å². The smallest absolute Gasteiger partial charge is 0.263 e. The Balaban J connectivity index is 2.26. The molecule has 4 nitrogen and oxygen atoms in total. The summed E-state index contributed by atoms with van der Waals surface area (Å²) in [6.07, 6.45) is 2.04. The zero-order chi connectivity index (χ0) is 15.6. The lowest BCUT2D eigenvalue weighted by molar-refractivity contribution is -0.132. The summed E-state index contributed by atoms with van der Waals surface area (Å²) in [5.41, 5.74) is 8.19. The molecule has 0 radical (unpaired) electrons. The summed E-state index contributed by atoms with van der Waals surface area (Å²) in [7, 11) is 1.81. The van der Waals surface area contributed by atoms with E-state index in [0.29, 0.717) is 0 Å². The van der Waals surface area contributed by atoms with Crippen LogP contribution in [0.15, 0.2) is 16.6 Å². The van der Waals surface area contributed by atoms with Crippen molar-refractivity contribution >= 4 is 21.8 Å². The maximum absolute atomic E-state index is 12.0. The van der Waals surface area contributed by atoms with E-state index in [9.17, 15) is 4.79 Å². The molecule has 2 rings (SSSR count). The number of likely N-dealkylation sites (tertiary alicyclic amines) is 1. The van der Waals surface area contributed by atoms with E-state index >= 15 is 0 Å². The second-order valence-corrected chi connectivity index (χ2v) is 6.65. The molecule has 0 bridgehead atoms. The standard InChI is InChI=1S/C16H23BrN2O2/c1-4-13(18)9-11-8-12(17)7-10(2)15(11)21-14-5-6-19(3)16(14)20/h7-8,13-14H,4-6,9,18H2,1-3H3. The number of halogens is 1. The number of hydrogen-bond donors (Lipinski definition) is 1. The maximum Gasteiger partial charge on any atom is 0.263 e. The number of aryl methyl sites for hydroxylation is 1. The fourth-order valence-electron chi connectivity index (χ4n) is 2.59. The van der Waals surface area contributed by atoms with Crippen LogP contribution < -0.4 is 10.5 Å². The molecule has 116 valence electrons. The average Bonchev–Trinajstić information content (AvgIpc) is 2.74. The molecule has 1 amide bonds. The molecular formula is C16H23BrN2O2. The Morgan fingerprint density at radius 1 is 1.52 bits per heavy atom. The van der Waals surface area contributed by atoms with Gasteiger partial charge in [0.25, 0.3) is 5.91 Å². The third-order valence-electron chi connectivity index (χ3n) is 3.96. The fraction of sp³-hybridized carbons (Fsp3) is 0.562. The lowest BCUT2D eigenvalue weighted by atomic mass is 10.0. The lowest BCUT2D eigenvalue weighted by Gasteiger charge is -2.20. The summed E-state index contributed by atoms with van der Waals surface area (Å²) < 4.78 is 7.07. The second-order valence-electron chi connectivity index (χ2n) is 5.74. The topological polar surface area (TPSA) is 55.6 Å². The Morgan fingerprint density at radius 2 is 2.24 bits per heavy atom. The van der Waals surface area contributed by atoms with E-state index in [0.717, 1.165) is 47.2 Å². The number of carbonyl (C=O) groups excluding carboxylic acids is 1. The molecule has 0 aromatic heterocycles. The molecule has 5 heteroatoms. The Bertz CT molecular complexity index is 533. The van der Waals surface area contributed by atoms with Crippen molar-refractivity contribution in [2.24, 2.45) is 5.73 Å². The second kappa shape index (κ2) is 6.79. The van der Waals surface area contributed by atoms with E-state index in [1.165, 1.54) is 0 Å². The molecule has 21 heavy (non-hydrogen) atoms. The Hall–Kier alpha value is -1.07. The normalized spacial score (nSPS) is 20.0. The van der Waals surface area contributed by atoms with Gasteiger partial charge < -0.3 is 15.4 Å². The van der Waals surface area contributed by atoms with Gasteiger partial charge in [-0.2, -0.15) is 0 Å². The van der Waals surface area contributed by atoms with Crippen LogP contribution in [0.5, 0.6) is 5.75 Å². The average molecular weight is 355 g/mol. The van der Waals surface area contributed by atoms with Crippen molar-refractivity contribution in [3.05, 3.63) is 27.7 Å². The van der Waals surface area contributed by atoms with Crippen LogP contribution >= 0.6 is 15.9 Å². The number of benzene rings is 1. The quantitative estimate of drug-likeness (QED) is 0.884. The van der Waals surface area contributed by atoms with Crippen molar-refractivity contribution in [3.63, 3.8) is 0 Å². The predicted octanol–water partition coefficient (Wildman–Crippen LogP) is 2.65. The van der Waals surface area contributed by atoms with Crippen LogP contribution in [-0.2, 0) is 11.2 Å². The van der Waals surface area contributed by atoms with E-state index in [1.807, 2.05) is 26.1 Å². The van der Waals surface area contributed by atoms with Crippen molar-refractivity contribution in [2.45, 2.75) is 45.3 Å². The lowest BCUT2D eigenvalue weighted by Crippen LogP contribution is -2.30. The van der Waals surface area contributed by atoms with E-state index in [2.05, 4.69) is 22.9 Å². The zero-order valence-electron chi connectivity index (χ0n) is 12.9. The minimum Gasteiger partial charge on any atom is -0.480 e. The number of amides is 1. The van der Waals surface area contributed by atoms with Gasteiger partial charge in [0.1, 0.15) is 5.75 Å². The largest absolute Gasteiger partial charge is 0.480 e. The van der Waals surface area contributed by atoms with E-state index in [1.54, 1.807) is 4.90 Å². The van der Waals surface area contributed by atoms with Crippen LogP contribution in [0.4, 0.5) is 0 Å². The first-order valence-electron chi connectivity index (χ1n) is 7.38. The molecule has 0 saturated carbocycles. The van der Waals surface area contributed by atoms with Crippen molar-refractivity contribution in [1.29, 1.82) is 0 Å². The fourth-order valence-corrected chi connectivity index (χ4v) is 3.21. The molecule has 1 aromatic rings. The first-order valence-corrected chi connectivity index (χ1v) is 8.18. The van der Waals surface area contributed by atoms with Gasteiger partial charge in [0.15, 0.2) is 6.10 Å². The third-order valence-corrected chi connectivity index (χ3v) is 4.42. The summed E-state index contributed by atoms with van der Waals surface area (Å²) in [6.45, 7) is 4.83. The molecule has 1 saturated heterocycles. The third kappa shape index (κ3) is 3.77. The Labute approximate surface area is 134 Å². The molecule has 2 N–H and O–H groups in total. The first kappa shape index (κ1) is 16.3. The highest BCUT2D eigenvalue weighted by molar-refractivity contribution is 9.10. The summed E-state index contributed by atoms with van der Waals surface area (Å²) in [4.78, 5) is 13.8. The molecule has 1 fully saturated rings. The molecule has 2 unspecified atom stereocenters. The van der Waals surface area contributed by atoms with Gasteiger partial charge in [-0.3, -0.25) is 4.79 Å². The van der Waals surface area contributed by atoms with Crippen LogP contribution in [0.1, 0.15) is 30.9 Å². The van der Waals surface area contributed by atoms with Crippen LogP contribution in [0.3, 0.4) is 0 Å². The highest BCUT2D eigenvalue weighted by Gasteiger charge is 2.31. The first-order chi connectivity index (χ1) is 9.92. The number of rotatable bonds is 5. The number of carbonyl (C=O) groups is 1. The summed E-state index contributed by atoms with van der Waals surface area (Å²) in [5.74, 6) is 0.874. The monoisotopic (exact) mass is 354 g/mol. The molecule has 1 aliphatic heterocycles. The van der Waals surface area contributed by atoms with Crippen LogP contribution in [-0.4, -0.2) is 36.5 Å². The minimum atomic E-state index is -0.369. The summed E-state index contributed by atoms with van der Waals surface area (Å²) in [6, 6.07) is 4.16. The summed E-state index contributed by atoms with van der Waals surface area (Å²) >= 11 is 3.52. The van der Waals surface area contributed by atoms with E-state index < -0.39 is 0 Å². The predicted molar refractivity (Wildman–Crippen MR) is 87.5 cm³/mol. The molecule has 1 heterocycles. The van der Waals surface area contributed by atoms with Crippen molar-refractivity contribution in [2.75, 3.05) is 13.6 Å². The van der Waals surface area contributed by atoms with Gasteiger partial charge in [-0.1, -0.05) is 22.9 Å². The van der Waals surface area contributed by atoms with Crippen molar-refractivity contribution in [1.82, 2.24) is 4.90 Å². The molecule has 0 spiro atoms. The van der Waals surface area contributed by atoms with E-state index in [4.69, 9.17) is 10.5 Å². The molecular weight excluding hydrogens is 332 g/mol. The van der Waals surface area contributed by atoms with Crippen LogP contribution in [0.25, 0.3) is 0 Å². The Morgan fingerprint density at radius 3 is 2.81 bits per heavy atom. The molecule has 0 aliphatic carbocycles. The molecule has 1 aliphatic rings. The van der Waals surface area contributed by atoms with Crippen LogP contribution in [0.2, 0.25) is 0 Å². The van der Waals surface area contributed by atoms with Gasteiger partial charge in [-0.25, -0.2) is 0 Å². The van der Waals surface area contributed by atoms with Gasteiger partial charge >= 0.3 is 0 Å². The number of likely N-dealkylation sites (N-methyl/N-ethyl adjacent to an activating group) is 1. The minimum absolute atomic E-state index is 0.0584. The van der Waals surface area contributed by atoms with Gasteiger partial charge in [0.2, 0.25) is 0 Å². The van der Waals surface area contributed by atoms with Gasteiger partial charge in [0.05, 0.1) is 0 Å². The summed E-state index contributed by atoms with van der Waals surface area (Å²) in [5, 5.41) is 0. The Kier molecular flexibility index (Phi) is 5.27. The SMILES string of the molecule is CCC(N)Cc1cc(Br)cc(C)c1OC1CCN(C)C1=O. The molecule has 1 aromatic carbocycles. The number of ether oxygens (including phenoxy) is 1. The highest BCUT2D eigenvalue weighted by atomic mass is 79.9. The van der Waals surface area contributed by atoms with E-state index in [-0.39, 0.29) is 18.1 Å². The van der Waals surface area contributed by atoms with Gasteiger partial charge in [0, 0.05) is 30.5 Å².